The van der Waals surface area contributed by atoms with Crippen LogP contribution in [0.2, 0.25) is 0 Å². The first-order chi connectivity index (χ1) is 17.0. The second kappa shape index (κ2) is 10.3. The molecule has 1 aromatic heterocycles. The molecule has 1 amide bonds. The van der Waals surface area contributed by atoms with Gasteiger partial charge < -0.3 is 19.6 Å². The number of aromatic amines is 1. The van der Waals surface area contributed by atoms with Crippen molar-refractivity contribution in [2.24, 2.45) is 0 Å². The molecular weight excluding hydrogens is 442 g/mol. The van der Waals surface area contributed by atoms with Gasteiger partial charge in [0.2, 0.25) is 0 Å². The highest BCUT2D eigenvalue weighted by Crippen LogP contribution is 2.32. The third-order valence-electron chi connectivity index (χ3n) is 7.02. The fourth-order valence-corrected chi connectivity index (χ4v) is 5.07. The number of hydrogen-bond donors (Lipinski definition) is 2. The number of carbonyl (C=O) groups is 1. The number of piperidine rings is 1. The van der Waals surface area contributed by atoms with Crippen LogP contribution in [0.15, 0.2) is 30.3 Å². The number of aromatic hydroxyl groups is 1. The van der Waals surface area contributed by atoms with Crippen LogP contribution in [-0.4, -0.2) is 76.2 Å². The van der Waals surface area contributed by atoms with Gasteiger partial charge >= 0.3 is 0 Å². The lowest BCUT2D eigenvalue weighted by Gasteiger charge is -2.25. The molecule has 35 heavy (non-hydrogen) atoms. The average Bonchev–Trinajstić information content (AvgIpc) is 3.45. The van der Waals surface area contributed by atoms with Crippen molar-refractivity contribution >= 4 is 16.8 Å². The zero-order chi connectivity index (χ0) is 24.4. The molecular formula is C27H35N5O3. The Hall–Kier alpha value is -3.10. The minimum Gasteiger partial charge on any atom is -0.507 e. The Labute approximate surface area is 206 Å². The summed E-state index contributed by atoms with van der Waals surface area (Å²) in [6.07, 6.45) is 4.67. The van der Waals surface area contributed by atoms with Gasteiger partial charge in [0, 0.05) is 37.6 Å². The highest BCUT2D eigenvalue weighted by molar-refractivity contribution is 6.01. The van der Waals surface area contributed by atoms with Crippen molar-refractivity contribution in [3.05, 3.63) is 52.7 Å². The van der Waals surface area contributed by atoms with Crippen molar-refractivity contribution in [2.75, 3.05) is 40.3 Å². The van der Waals surface area contributed by atoms with Gasteiger partial charge in [-0.3, -0.25) is 14.8 Å². The number of hydrogen-bond acceptors (Lipinski definition) is 6. The number of H-pyrrole nitrogens is 1. The summed E-state index contributed by atoms with van der Waals surface area (Å²) >= 11 is 0. The molecule has 8 nitrogen and oxygen atoms in total. The van der Waals surface area contributed by atoms with E-state index < -0.39 is 0 Å². The number of aromatic nitrogens is 2. The Balaban J connectivity index is 1.29. The quantitative estimate of drug-likeness (QED) is 0.481. The number of nitrogens with one attached hydrogen (secondary N) is 1. The molecule has 0 saturated carbocycles. The number of ether oxygens (including phenoxy) is 1. The van der Waals surface area contributed by atoms with Gasteiger partial charge in [0.05, 0.1) is 23.4 Å². The molecule has 2 aromatic carbocycles. The largest absolute Gasteiger partial charge is 0.507 e. The molecule has 1 fully saturated rings. The van der Waals surface area contributed by atoms with Crippen LogP contribution >= 0.6 is 0 Å². The van der Waals surface area contributed by atoms with E-state index in [-0.39, 0.29) is 11.7 Å². The van der Waals surface area contributed by atoms with Crippen molar-refractivity contribution in [3.8, 4) is 11.5 Å². The molecule has 0 unspecified atom stereocenters. The van der Waals surface area contributed by atoms with Crippen LogP contribution in [0.5, 0.6) is 11.5 Å². The van der Waals surface area contributed by atoms with Gasteiger partial charge in [0.15, 0.2) is 0 Å². The molecule has 2 aliphatic rings. The molecule has 2 N–H and O–H groups in total. The third-order valence-corrected chi connectivity index (χ3v) is 7.02. The topological polar surface area (TPSA) is 84.9 Å². The Morgan fingerprint density at radius 3 is 2.71 bits per heavy atom. The van der Waals surface area contributed by atoms with Crippen molar-refractivity contribution in [2.45, 2.75) is 45.3 Å². The first kappa shape index (κ1) is 23.6. The smallest absolute Gasteiger partial charge is 0.258 e. The highest BCUT2D eigenvalue weighted by Gasteiger charge is 2.27. The zero-order valence-electron chi connectivity index (χ0n) is 20.7. The highest BCUT2D eigenvalue weighted by atomic mass is 16.5. The Kier molecular flexibility index (Phi) is 6.92. The summed E-state index contributed by atoms with van der Waals surface area (Å²) < 4.78 is 5.91. The minimum absolute atomic E-state index is 0.0171. The number of benzene rings is 2. The number of likely N-dealkylation sites (tertiary alicyclic amines) is 1. The van der Waals surface area contributed by atoms with E-state index in [1.807, 2.05) is 18.2 Å². The predicted octanol–water partition coefficient (Wildman–Crippen LogP) is 3.74. The maximum Gasteiger partial charge on any atom is 0.258 e. The fourth-order valence-electron chi connectivity index (χ4n) is 5.07. The number of carbonyl (C=O) groups excluding carboxylic acids is 1. The molecule has 0 aliphatic carbocycles. The van der Waals surface area contributed by atoms with Gasteiger partial charge in [-0.2, -0.15) is 5.10 Å². The van der Waals surface area contributed by atoms with Crippen LogP contribution in [0.3, 0.4) is 0 Å². The Morgan fingerprint density at radius 2 is 1.91 bits per heavy atom. The SMILES string of the molecule is CN(C)CCCOc1ccc2c(c1)CN(C(=O)c1cc3c(CN4CCCCC4)n[nH]c3cc1O)C2. The van der Waals surface area contributed by atoms with E-state index >= 15 is 0 Å². The molecule has 1 saturated heterocycles. The average molecular weight is 478 g/mol. The van der Waals surface area contributed by atoms with E-state index in [9.17, 15) is 9.90 Å². The normalized spacial score (nSPS) is 16.3. The first-order valence-corrected chi connectivity index (χ1v) is 12.6. The second-order valence-electron chi connectivity index (χ2n) is 10.0. The lowest BCUT2D eigenvalue weighted by atomic mass is 10.1. The minimum atomic E-state index is -0.167. The van der Waals surface area contributed by atoms with Crippen LogP contribution < -0.4 is 4.74 Å². The van der Waals surface area contributed by atoms with Gasteiger partial charge in [0.1, 0.15) is 11.5 Å². The first-order valence-electron chi connectivity index (χ1n) is 12.6. The van der Waals surface area contributed by atoms with Gasteiger partial charge in [-0.25, -0.2) is 0 Å². The van der Waals surface area contributed by atoms with Gasteiger partial charge in [0.25, 0.3) is 5.91 Å². The van der Waals surface area contributed by atoms with E-state index in [0.717, 1.165) is 66.1 Å². The Bertz CT molecular complexity index is 1200. The molecule has 3 heterocycles. The summed E-state index contributed by atoms with van der Waals surface area (Å²) in [5.74, 6) is 0.651. The molecule has 5 rings (SSSR count). The third kappa shape index (κ3) is 5.28. The monoisotopic (exact) mass is 477 g/mol. The van der Waals surface area contributed by atoms with Crippen molar-refractivity contribution in [1.29, 1.82) is 0 Å². The molecule has 0 spiro atoms. The standard InChI is InChI=1S/C27H35N5O3/c1-30(2)9-6-12-35-21-8-7-19-16-32(17-20(19)13-21)27(34)23-14-22-24(15-26(23)33)28-29-25(22)18-31-10-4-3-5-11-31/h7-8,13-15,33H,3-6,9-12,16-18H2,1-2H3,(H,28,29). The van der Waals surface area contributed by atoms with Crippen LogP contribution in [0, 0.1) is 0 Å². The maximum atomic E-state index is 13.5. The summed E-state index contributed by atoms with van der Waals surface area (Å²) in [6, 6.07) is 9.48. The lowest BCUT2D eigenvalue weighted by molar-refractivity contribution is 0.0748. The van der Waals surface area contributed by atoms with Crippen LogP contribution in [0.1, 0.15) is 52.9 Å². The number of phenolic OH excluding ortho intramolecular Hbond substituents is 1. The van der Waals surface area contributed by atoms with Crippen LogP contribution in [0.25, 0.3) is 10.9 Å². The summed E-state index contributed by atoms with van der Waals surface area (Å²) in [5, 5.41) is 19.1. The van der Waals surface area contributed by atoms with Crippen LogP contribution in [0.4, 0.5) is 0 Å². The van der Waals surface area contributed by atoms with Gasteiger partial charge in [-0.15, -0.1) is 0 Å². The molecule has 0 radical (unpaired) electrons. The predicted molar refractivity (Wildman–Crippen MR) is 136 cm³/mol. The molecule has 0 bridgehead atoms. The van der Waals surface area contributed by atoms with Gasteiger partial charge in [-0.1, -0.05) is 12.5 Å². The van der Waals surface area contributed by atoms with Crippen LogP contribution in [-0.2, 0) is 19.6 Å². The lowest BCUT2D eigenvalue weighted by Crippen LogP contribution is -2.29. The maximum absolute atomic E-state index is 13.5. The van der Waals surface area contributed by atoms with Crippen molar-refractivity contribution in [3.63, 3.8) is 0 Å². The number of nitrogens with zero attached hydrogens (tertiary/aromatic N) is 4. The molecule has 186 valence electrons. The summed E-state index contributed by atoms with van der Waals surface area (Å²) in [4.78, 5) is 19.8. The van der Waals surface area contributed by atoms with Crippen molar-refractivity contribution in [1.82, 2.24) is 24.9 Å². The van der Waals surface area contributed by atoms with E-state index in [4.69, 9.17) is 4.74 Å². The van der Waals surface area contributed by atoms with E-state index in [1.54, 1.807) is 17.0 Å². The van der Waals surface area contributed by atoms with Crippen molar-refractivity contribution < 1.29 is 14.6 Å². The second-order valence-corrected chi connectivity index (χ2v) is 10.0. The summed E-state index contributed by atoms with van der Waals surface area (Å²) in [7, 11) is 4.11. The molecule has 3 aromatic rings. The zero-order valence-corrected chi connectivity index (χ0v) is 20.7. The molecule has 0 atom stereocenters. The molecule has 8 heteroatoms. The number of rotatable bonds is 8. The number of amides is 1. The van der Waals surface area contributed by atoms with E-state index in [2.05, 4.69) is 34.1 Å². The number of phenols is 1. The van der Waals surface area contributed by atoms with Gasteiger partial charge in [-0.05, 0) is 75.8 Å². The summed E-state index contributed by atoms with van der Waals surface area (Å²) in [6.45, 7) is 5.59. The Morgan fingerprint density at radius 1 is 1.11 bits per heavy atom. The summed E-state index contributed by atoms with van der Waals surface area (Å²) in [5.41, 5.74) is 4.22. The van der Waals surface area contributed by atoms with E-state index in [1.165, 1.54) is 19.3 Å². The fraction of sp³-hybridized carbons (Fsp3) is 0.481. The molecule has 2 aliphatic heterocycles. The number of fused-ring (bicyclic) bond motifs is 2. The van der Waals surface area contributed by atoms with E-state index in [0.29, 0.717) is 25.3 Å².